The Morgan fingerprint density at radius 2 is 2.15 bits per heavy atom. The smallest absolute Gasteiger partial charge is 0.617 e. The van der Waals surface area contributed by atoms with Crippen LogP contribution in [0.1, 0.15) is 52.4 Å². The zero-order chi connectivity index (χ0) is 18.2. The number of anilines is 1. The number of alkyl halides is 2. The third-order valence-corrected chi connectivity index (χ3v) is 6.09. The summed E-state index contributed by atoms with van der Waals surface area (Å²) in [7, 11) is 1.51. The minimum atomic E-state index is -2.81. The Bertz CT molecular complexity index is 988. The van der Waals surface area contributed by atoms with Crippen LogP contribution >= 0.6 is 0 Å². The molecule has 134 valence electrons. The number of fused-ring (bicyclic) bond motifs is 2. The van der Waals surface area contributed by atoms with E-state index in [4.69, 9.17) is 5.84 Å². The first-order valence-electron chi connectivity index (χ1n) is 8.51. The summed E-state index contributed by atoms with van der Waals surface area (Å²) in [5.74, 6) is 7.42. The summed E-state index contributed by atoms with van der Waals surface area (Å²) in [4.78, 5) is 12.6. The Morgan fingerprint density at radius 3 is 2.81 bits per heavy atom. The number of rotatable bonds is 3. The average Bonchev–Trinajstić information content (AvgIpc) is 2.93. The van der Waals surface area contributed by atoms with Crippen molar-refractivity contribution in [3.8, 4) is 0 Å². The minimum Gasteiger partial charge on any atom is -0.617 e. The molecular weight excluding hydrogens is 426 g/mol. The van der Waals surface area contributed by atoms with E-state index >= 15 is 0 Å². The summed E-state index contributed by atoms with van der Waals surface area (Å²) in [5, 5.41) is 10.2. The fourth-order valence-corrected chi connectivity index (χ4v) is 5.16. The van der Waals surface area contributed by atoms with Crippen LogP contribution in [0.5, 0.6) is 0 Å². The van der Waals surface area contributed by atoms with E-state index in [1.165, 1.54) is 17.9 Å². The van der Waals surface area contributed by atoms with Crippen LogP contribution in [0.15, 0.2) is 29.5 Å². The van der Waals surface area contributed by atoms with Crippen LogP contribution in [-0.2, 0) is 12.5 Å². The van der Waals surface area contributed by atoms with Crippen molar-refractivity contribution in [2.75, 3.05) is 5.32 Å². The van der Waals surface area contributed by atoms with Crippen LogP contribution in [0.3, 0.4) is 0 Å². The van der Waals surface area contributed by atoms with Crippen LogP contribution in [0.2, 0.25) is 0 Å². The molecule has 1 heterocycles. The molecule has 2 fully saturated rings. The number of aromatic nitrogens is 2. The van der Waals surface area contributed by atoms with Gasteiger partial charge in [-0.25, -0.2) is 8.78 Å². The van der Waals surface area contributed by atoms with E-state index in [0.29, 0.717) is 11.6 Å². The summed E-state index contributed by atoms with van der Waals surface area (Å²) in [6, 6.07) is 5.67. The van der Waals surface area contributed by atoms with E-state index in [9.17, 15) is 13.6 Å². The maximum Gasteiger partial charge on any atom is 1.00 e. The van der Waals surface area contributed by atoms with Gasteiger partial charge in [0.2, 0.25) is 0 Å². The zero-order valence-electron chi connectivity index (χ0n) is 15.0. The number of hydrogen-bond donors (Lipinski definition) is 1. The van der Waals surface area contributed by atoms with Gasteiger partial charge in [0.1, 0.15) is 5.69 Å². The van der Waals surface area contributed by atoms with Gasteiger partial charge in [-0.3, -0.25) is 9.48 Å². The van der Waals surface area contributed by atoms with Crippen LogP contribution in [-0.4, -0.2) is 21.4 Å². The number of nitrogens with one attached hydrogen (secondary N) is 2. The van der Waals surface area contributed by atoms with Crippen molar-refractivity contribution >= 4 is 17.3 Å². The number of benzene rings is 1. The quantitative estimate of drug-likeness (QED) is 0.714. The third kappa shape index (κ3) is 2.42. The fourth-order valence-electron chi connectivity index (χ4n) is 5.16. The Labute approximate surface area is 203 Å². The molecule has 1 amide bonds. The fraction of sp³-hybridized carbons (Fsp3) is 0.389. The van der Waals surface area contributed by atoms with Crippen molar-refractivity contribution in [2.24, 2.45) is 18.1 Å². The third-order valence-electron chi connectivity index (χ3n) is 6.09. The molecule has 0 aliphatic heterocycles. The van der Waals surface area contributed by atoms with E-state index in [0.717, 1.165) is 29.7 Å². The maximum atomic E-state index is 13.1. The molecule has 5 rings (SSSR count). The molecule has 1 spiro atoms. The van der Waals surface area contributed by atoms with Gasteiger partial charge in [-0.2, -0.15) is 5.10 Å². The Balaban J connectivity index is 0.00000180. The molecule has 3 aliphatic carbocycles. The molecule has 1 aromatic heterocycles. The van der Waals surface area contributed by atoms with E-state index in [1.807, 2.05) is 12.1 Å². The number of carbonyl (C=O) groups excluding carboxylic acids is 1. The first-order chi connectivity index (χ1) is 12.5. The molecular formula is C18H16F2N5ORb. The summed E-state index contributed by atoms with van der Waals surface area (Å²) in [6.45, 7) is 0. The average molecular weight is 442 g/mol. The van der Waals surface area contributed by atoms with Crippen LogP contribution in [0, 0.1) is 5.92 Å². The van der Waals surface area contributed by atoms with E-state index in [2.05, 4.69) is 15.5 Å². The summed E-state index contributed by atoms with van der Waals surface area (Å²) in [5.41, 5.74) is 3.06. The largest absolute Gasteiger partial charge is 1.00 e. The molecule has 0 radical (unpaired) electrons. The van der Waals surface area contributed by atoms with Gasteiger partial charge in [0.05, 0.1) is 5.56 Å². The molecule has 9 heteroatoms. The predicted molar refractivity (Wildman–Crippen MR) is 91.5 cm³/mol. The second-order valence-electron chi connectivity index (χ2n) is 7.17. The van der Waals surface area contributed by atoms with Crippen LogP contribution in [0.4, 0.5) is 14.5 Å². The molecule has 27 heavy (non-hydrogen) atoms. The summed E-state index contributed by atoms with van der Waals surface area (Å²) < 4.78 is 27.5. The van der Waals surface area contributed by atoms with Gasteiger partial charge in [-0.15, -0.1) is 0 Å². The van der Waals surface area contributed by atoms with Crippen molar-refractivity contribution in [2.45, 2.75) is 30.6 Å². The van der Waals surface area contributed by atoms with Gasteiger partial charge in [-0.05, 0) is 30.0 Å². The van der Waals surface area contributed by atoms with Crippen molar-refractivity contribution in [1.82, 2.24) is 9.78 Å². The molecule has 0 saturated heterocycles. The molecule has 0 bridgehead atoms. The Kier molecular flexibility index (Phi) is 4.69. The normalized spacial score (nSPS) is 28.1. The van der Waals surface area contributed by atoms with Crippen LogP contribution in [0.25, 0.3) is 5.84 Å². The monoisotopic (exact) mass is 441 g/mol. The van der Waals surface area contributed by atoms with Gasteiger partial charge in [0, 0.05) is 41.9 Å². The molecule has 2 saturated carbocycles. The van der Waals surface area contributed by atoms with Gasteiger partial charge >= 0.3 is 58.2 Å². The molecule has 2 N–H and O–H groups in total. The van der Waals surface area contributed by atoms with Crippen LogP contribution < -0.4 is 63.5 Å². The molecule has 1 aromatic carbocycles. The van der Waals surface area contributed by atoms with Crippen molar-refractivity contribution in [3.63, 3.8) is 0 Å². The number of amides is 1. The van der Waals surface area contributed by atoms with Gasteiger partial charge in [0.15, 0.2) is 0 Å². The molecule has 3 unspecified atom stereocenters. The Hall–Kier alpha value is -0.965. The second-order valence-corrected chi connectivity index (χ2v) is 7.17. The van der Waals surface area contributed by atoms with Gasteiger partial charge < -0.3 is 16.3 Å². The summed E-state index contributed by atoms with van der Waals surface area (Å²) in [6.07, 6.45) is 0.503. The number of halogens is 2. The van der Waals surface area contributed by atoms with Crippen molar-refractivity contribution in [1.29, 1.82) is 0 Å². The van der Waals surface area contributed by atoms with E-state index < -0.39 is 18.0 Å². The standard InChI is InChI=1S/C18H16F2N5O.Rb/c1-25-7-8(14(24-25)16(19)20)17(26)22-12-4-2-3-9-13(12)10-5-6-11-15(23-21)18(9,10)11;/h2-4,7,10-11,16,21H,5-6H2,1H3,(H,22,26);/q-1;+1. The maximum absolute atomic E-state index is 13.1. The zero-order valence-corrected chi connectivity index (χ0v) is 19.9. The number of aryl methyl sites for hydroxylation is 1. The topological polar surface area (TPSA) is 83.1 Å². The second kappa shape index (κ2) is 6.54. The van der Waals surface area contributed by atoms with Gasteiger partial charge in [0.25, 0.3) is 12.3 Å². The molecule has 3 aliphatic rings. The molecule has 3 atom stereocenters. The molecule has 6 nitrogen and oxygen atoms in total. The van der Waals surface area contributed by atoms with Crippen molar-refractivity contribution in [3.05, 3.63) is 52.6 Å². The minimum absolute atomic E-state index is 0. The predicted octanol–water partition coefficient (Wildman–Crippen LogP) is 0.781. The first kappa shape index (κ1) is 19.4. The SMILES string of the molecule is Cn1cc(C(=O)Nc2cccc3c2C2CCC4C(=N[NH-])C342)c(C(F)F)n1.[Rb+]. The number of nitrogens with zero attached hydrogens (tertiary/aromatic N) is 3. The first-order valence-corrected chi connectivity index (χ1v) is 8.51. The van der Waals surface area contributed by atoms with Gasteiger partial charge in [-0.1, -0.05) is 12.1 Å². The number of carbonyl (C=O) groups is 1. The Morgan fingerprint density at radius 1 is 1.41 bits per heavy atom. The molecule has 2 aromatic rings. The van der Waals surface area contributed by atoms with E-state index in [-0.39, 0.29) is 75.1 Å². The van der Waals surface area contributed by atoms with Crippen molar-refractivity contribution < 1.29 is 71.8 Å². The van der Waals surface area contributed by atoms with E-state index in [1.54, 1.807) is 6.07 Å². The number of hydrogen-bond acceptors (Lipinski definition) is 3. The summed E-state index contributed by atoms with van der Waals surface area (Å²) >= 11 is 0.